The first-order valence-corrected chi connectivity index (χ1v) is 5.19. The van der Waals surface area contributed by atoms with Crippen LogP contribution in [-0.2, 0) is 6.42 Å². The molecule has 1 aromatic rings. The Morgan fingerprint density at radius 1 is 1.50 bits per heavy atom. The van der Waals surface area contributed by atoms with Gasteiger partial charge in [-0.3, -0.25) is 0 Å². The fraction of sp³-hybridized carbons (Fsp3) is 0.500. The number of aryl methyl sites for hydroxylation is 1. The largest absolute Gasteiger partial charge is 0.395 e. The molecule has 1 aliphatic heterocycles. The number of hydrogen-bond acceptors (Lipinski definition) is 2. The minimum absolute atomic E-state index is 0.234. The number of aliphatic hydroxyl groups excluding tert-OH is 1. The number of hydrogen-bond donors (Lipinski definition) is 1. The molecule has 0 amide bonds. The molecule has 0 fully saturated rings. The average molecular weight is 191 g/mol. The lowest BCUT2D eigenvalue weighted by Crippen LogP contribution is -2.31. The molecule has 0 saturated heterocycles. The van der Waals surface area contributed by atoms with Crippen molar-refractivity contribution in [2.45, 2.75) is 26.3 Å². The molecule has 1 aromatic carbocycles. The van der Waals surface area contributed by atoms with Gasteiger partial charge in [-0.1, -0.05) is 12.1 Å². The molecule has 2 heteroatoms. The van der Waals surface area contributed by atoms with E-state index in [0.717, 1.165) is 13.0 Å². The van der Waals surface area contributed by atoms with Crippen LogP contribution >= 0.6 is 0 Å². The van der Waals surface area contributed by atoms with E-state index >= 15 is 0 Å². The van der Waals surface area contributed by atoms with E-state index in [-0.39, 0.29) is 6.61 Å². The Morgan fingerprint density at radius 3 is 3.00 bits per heavy atom. The standard InChI is InChI=1S/C12H17NO/c1-9-3-4-11-8-10(2)13(5-6-14)12(11)7-9/h3-4,7,10,14H,5-6,8H2,1-2H3. The normalized spacial score (nSPS) is 19.9. The molecule has 0 spiro atoms. The highest BCUT2D eigenvalue weighted by molar-refractivity contribution is 5.60. The van der Waals surface area contributed by atoms with Gasteiger partial charge in [0.15, 0.2) is 0 Å². The molecule has 2 rings (SSSR count). The van der Waals surface area contributed by atoms with E-state index in [4.69, 9.17) is 5.11 Å². The van der Waals surface area contributed by atoms with Crippen molar-refractivity contribution in [1.82, 2.24) is 0 Å². The summed E-state index contributed by atoms with van der Waals surface area (Å²) in [6.07, 6.45) is 1.11. The Balaban J connectivity index is 2.34. The van der Waals surface area contributed by atoms with Crippen LogP contribution in [0.5, 0.6) is 0 Å². The fourth-order valence-electron chi connectivity index (χ4n) is 2.23. The van der Waals surface area contributed by atoms with Crippen LogP contribution in [0, 0.1) is 6.92 Å². The third kappa shape index (κ3) is 1.50. The summed E-state index contributed by atoms with van der Waals surface area (Å²) in [4.78, 5) is 2.29. The van der Waals surface area contributed by atoms with Crippen molar-refractivity contribution >= 4 is 5.69 Å². The van der Waals surface area contributed by atoms with Crippen LogP contribution in [0.25, 0.3) is 0 Å². The number of β-amino-alcohol motifs (C(OH)–C–C–N with tert-alkyl or cyclic N) is 1. The summed E-state index contributed by atoms with van der Waals surface area (Å²) in [6, 6.07) is 7.11. The Labute approximate surface area is 85.2 Å². The highest BCUT2D eigenvalue weighted by Crippen LogP contribution is 2.32. The number of nitrogens with zero attached hydrogens (tertiary/aromatic N) is 1. The van der Waals surface area contributed by atoms with Crippen molar-refractivity contribution in [3.05, 3.63) is 29.3 Å². The van der Waals surface area contributed by atoms with Gasteiger partial charge in [0, 0.05) is 18.3 Å². The quantitative estimate of drug-likeness (QED) is 0.769. The van der Waals surface area contributed by atoms with Crippen molar-refractivity contribution in [2.24, 2.45) is 0 Å². The summed E-state index contributed by atoms with van der Waals surface area (Å²) in [5.41, 5.74) is 4.02. The van der Waals surface area contributed by atoms with Crippen LogP contribution in [0.3, 0.4) is 0 Å². The van der Waals surface area contributed by atoms with Crippen molar-refractivity contribution in [1.29, 1.82) is 0 Å². The number of benzene rings is 1. The fourth-order valence-corrected chi connectivity index (χ4v) is 2.23. The summed E-state index contributed by atoms with van der Waals surface area (Å²) in [6.45, 7) is 5.31. The van der Waals surface area contributed by atoms with Crippen molar-refractivity contribution in [3.8, 4) is 0 Å². The van der Waals surface area contributed by atoms with E-state index in [1.165, 1.54) is 16.8 Å². The first-order chi connectivity index (χ1) is 6.72. The number of fused-ring (bicyclic) bond motifs is 1. The van der Waals surface area contributed by atoms with Crippen molar-refractivity contribution in [2.75, 3.05) is 18.1 Å². The zero-order valence-electron chi connectivity index (χ0n) is 8.83. The maximum Gasteiger partial charge on any atom is 0.0606 e. The van der Waals surface area contributed by atoms with Crippen LogP contribution in [0.1, 0.15) is 18.1 Å². The van der Waals surface area contributed by atoms with E-state index in [1.807, 2.05) is 0 Å². The van der Waals surface area contributed by atoms with E-state index in [9.17, 15) is 0 Å². The van der Waals surface area contributed by atoms with Gasteiger partial charge in [-0.25, -0.2) is 0 Å². The predicted molar refractivity (Wildman–Crippen MR) is 58.8 cm³/mol. The Hall–Kier alpha value is -1.02. The Morgan fingerprint density at radius 2 is 2.29 bits per heavy atom. The second kappa shape index (κ2) is 3.62. The first kappa shape index (κ1) is 9.53. The van der Waals surface area contributed by atoms with Crippen LogP contribution in [0.4, 0.5) is 5.69 Å². The van der Waals surface area contributed by atoms with Crippen molar-refractivity contribution < 1.29 is 5.11 Å². The lowest BCUT2D eigenvalue weighted by atomic mass is 10.1. The molecule has 0 saturated carbocycles. The molecular formula is C12H17NO. The summed E-state index contributed by atoms with van der Waals surface area (Å²) in [7, 11) is 0. The number of rotatable bonds is 2. The first-order valence-electron chi connectivity index (χ1n) is 5.19. The van der Waals surface area contributed by atoms with Gasteiger partial charge in [0.2, 0.25) is 0 Å². The number of aliphatic hydroxyl groups is 1. The average Bonchev–Trinajstić information content (AvgIpc) is 2.45. The minimum atomic E-state index is 0.234. The van der Waals surface area contributed by atoms with Crippen LogP contribution in [0.15, 0.2) is 18.2 Å². The van der Waals surface area contributed by atoms with E-state index < -0.39 is 0 Å². The van der Waals surface area contributed by atoms with Crippen molar-refractivity contribution in [3.63, 3.8) is 0 Å². The topological polar surface area (TPSA) is 23.5 Å². The van der Waals surface area contributed by atoms with Gasteiger partial charge in [-0.05, 0) is 37.5 Å². The van der Waals surface area contributed by atoms with E-state index in [1.54, 1.807) is 0 Å². The summed E-state index contributed by atoms with van der Waals surface area (Å²) < 4.78 is 0. The molecule has 1 atom stereocenters. The van der Waals surface area contributed by atoms with Gasteiger partial charge in [0.1, 0.15) is 0 Å². The molecular weight excluding hydrogens is 174 g/mol. The maximum absolute atomic E-state index is 9.00. The third-order valence-corrected chi connectivity index (χ3v) is 2.94. The Bertz CT molecular complexity index is 335. The van der Waals surface area contributed by atoms with Crippen LogP contribution in [-0.4, -0.2) is 24.3 Å². The van der Waals surface area contributed by atoms with Gasteiger partial charge >= 0.3 is 0 Å². The lowest BCUT2D eigenvalue weighted by molar-refractivity contribution is 0.299. The van der Waals surface area contributed by atoms with Gasteiger partial charge < -0.3 is 10.0 Å². The molecule has 1 aliphatic rings. The smallest absolute Gasteiger partial charge is 0.0606 e. The number of anilines is 1. The van der Waals surface area contributed by atoms with Gasteiger partial charge in [0.05, 0.1) is 6.61 Å². The molecule has 1 unspecified atom stereocenters. The highest BCUT2D eigenvalue weighted by Gasteiger charge is 2.24. The second-order valence-electron chi connectivity index (χ2n) is 4.10. The third-order valence-electron chi connectivity index (χ3n) is 2.94. The minimum Gasteiger partial charge on any atom is -0.395 e. The molecule has 14 heavy (non-hydrogen) atoms. The van der Waals surface area contributed by atoms with Crippen LogP contribution in [0.2, 0.25) is 0 Å². The zero-order valence-corrected chi connectivity index (χ0v) is 8.83. The molecule has 0 aliphatic carbocycles. The maximum atomic E-state index is 9.00. The van der Waals surface area contributed by atoms with E-state index in [2.05, 4.69) is 36.9 Å². The highest BCUT2D eigenvalue weighted by atomic mass is 16.3. The lowest BCUT2D eigenvalue weighted by Gasteiger charge is -2.23. The zero-order chi connectivity index (χ0) is 10.1. The summed E-state index contributed by atoms with van der Waals surface area (Å²) >= 11 is 0. The summed E-state index contributed by atoms with van der Waals surface area (Å²) in [5.74, 6) is 0. The van der Waals surface area contributed by atoms with Crippen LogP contribution < -0.4 is 4.90 Å². The van der Waals surface area contributed by atoms with E-state index in [0.29, 0.717) is 6.04 Å². The summed E-state index contributed by atoms with van der Waals surface area (Å²) in [5, 5.41) is 9.00. The SMILES string of the molecule is Cc1ccc2c(c1)N(CCO)C(C)C2. The van der Waals surface area contributed by atoms with Gasteiger partial charge in [-0.15, -0.1) is 0 Å². The molecule has 0 bridgehead atoms. The molecule has 0 radical (unpaired) electrons. The molecule has 1 N–H and O–H groups in total. The molecule has 2 nitrogen and oxygen atoms in total. The molecule has 76 valence electrons. The molecule has 0 aromatic heterocycles. The monoisotopic (exact) mass is 191 g/mol. The predicted octanol–water partition coefficient (Wildman–Crippen LogP) is 1.74. The van der Waals surface area contributed by atoms with Gasteiger partial charge in [0.25, 0.3) is 0 Å². The second-order valence-corrected chi connectivity index (χ2v) is 4.10. The Kier molecular flexibility index (Phi) is 2.46. The molecule has 1 heterocycles. The van der Waals surface area contributed by atoms with Gasteiger partial charge in [-0.2, -0.15) is 0 Å².